The molecule has 1 amide bonds. The highest BCUT2D eigenvalue weighted by Gasteiger charge is 2.41. The Labute approximate surface area is 228 Å². The standard InChI is InChI=1S/C30H32N6OS/c1-19-8-7-9-23(16-19)33-27(37)12-15-35-29(28(34-30(35)38)25-10-5-6-13-31-25)24-18-21(3)36(22(24)4)26-17-20(2)11-14-32-26/h5-11,13-14,16-18,28-29H,12,15H2,1-4H3,(H,33,37)(H,34,38)/t28-,29+/m0/s1. The average molecular weight is 525 g/mol. The highest BCUT2D eigenvalue weighted by molar-refractivity contribution is 7.80. The molecule has 2 atom stereocenters. The molecule has 1 aliphatic rings. The number of hydrogen-bond acceptors (Lipinski definition) is 4. The number of carbonyl (C=O) groups excluding carboxylic acids is 1. The molecule has 2 N–H and O–H groups in total. The number of carbonyl (C=O) groups is 1. The minimum Gasteiger partial charge on any atom is -0.352 e. The van der Waals surface area contributed by atoms with Gasteiger partial charge in [0.1, 0.15) is 5.82 Å². The van der Waals surface area contributed by atoms with Gasteiger partial charge in [0.15, 0.2) is 5.11 Å². The monoisotopic (exact) mass is 524 g/mol. The Morgan fingerprint density at radius 2 is 1.79 bits per heavy atom. The van der Waals surface area contributed by atoms with Crippen molar-refractivity contribution in [3.05, 3.63) is 107 Å². The summed E-state index contributed by atoms with van der Waals surface area (Å²) in [7, 11) is 0. The van der Waals surface area contributed by atoms with Crippen molar-refractivity contribution in [3.8, 4) is 5.82 Å². The first-order valence-electron chi connectivity index (χ1n) is 12.8. The summed E-state index contributed by atoms with van der Waals surface area (Å²) in [5.74, 6) is 0.839. The second-order valence-corrected chi connectivity index (χ2v) is 10.2. The van der Waals surface area contributed by atoms with Crippen LogP contribution in [0, 0.1) is 27.7 Å². The lowest BCUT2D eigenvalue weighted by Crippen LogP contribution is -2.32. The number of thiocarbonyl (C=S) groups is 1. The summed E-state index contributed by atoms with van der Waals surface area (Å²) < 4.78 is 2.18. The Bertz CT molecular complexity index is 1480. The van der Waals surface area contributed by atoms with Crippen molar-refractivity contribution < 1.29 is 4.79 Å². The highest BCUT2D eigenvalue weighted by Crippen LogP contribution is 2.41. The number of aryl methyl sites for hydroxylation is 3. The first kappa shape index (κ1) is 25.6. The van der Waals surface area contributed by atoms with Crippen LogP contribution in [-0.2, 0) is 4.79 Å². The van der Waals surface area contributed by atoms with Crippen molar-refractivity contribution in [2.75, 3.05) is 11.9 Å². The van der Waals surface area contributed by atoms with Gasteiger partial charge in [0.05, 0.1) is 17.8 Å². The van der Waals surface area contributed by atoms with Gasteiger partial charge in [-0.15, -0.1) is 0 Å². The third kappa shape index (κ3) is 5.17. The zero-order chi connectivity index (χ0) is 26.8. The van der Waals surface area contributed by atoms with Crippen LogP contribution in [0.1, 0.15) is 52.3 Å². The van der Waals surface area contributed by atoms with Gasteiger partial charge < -0.3 is 20.1 Å². The number of nitrogens with zero attached hydrogens (tertiary/aromatic N) is 4. The molecule has 0 aliphatic carbocycles. The van der Waals surface area contributed by atoms with Crippen LogP contribution < -0.4 is 10.6 Å². The SMILES string of the molecule is Cc1cccc(NC(=O)CCN2C(=S)N[C@@H](c3ccccn3)[C@H]2c2cc(C)n(-c3cc(C)ccn3)c2C)c1. The summed E-state index contributed by atoms with van der Waals surface area (Å²) in [5, 5.41) is 7.13. The van der Waals surface area contributed by atoms with Gasteiger partial charge in [-0.1, -0.05) is 18.2 Å². The van der Waals surface area contributed by atoms with Crippen LogP contribution in [0.25, 0.3) is 5.82 Å². The molecule has 194 valence electrons. The number of aromatic nitrogens is 3. The molecule has 0 saturated carbocycles. The van der Waals surface area contributed by atoms with Gasteiger partial charge >= 0.3 is 0 Å². The van der Waals surface area contributed by atoms with E-state index < -0.39 is 0 Å². The molecule has 4 heterocycles. The average Bonchev–Trinajstić information content (AvgIpc) is 3.37. The predicted octanol–water partition coefficient (Wildman–Crippen LogP) is 5.50. The second-order valence-electron chi connectivity index (χ2n) is 9.84. The van der Waals surface area contributed by atoms with Crippen molar-refractivity contribution in [3.63, 3.8) is 0 Å². The lowest BCUT2D eigenvalue weighted by molar-refractivity contribution is -0.116. The normalized spacial score (nSPS) is 16.9. The largest absolute Gasteiger partial charge is 0.352 e. The van der Waals surface area contributed by atoms with Crippen molar-refractivity contribution in [2.45, 2.75) is 46.2 Å². The van der Waals surface area contributed by atoms with Crippen LogP contribution >= 0.6 is 12.2 Å². The molecule has 8 heteroatoms. The van der Waals surface area contributed by atoms with Crippen LogP contribution in [-0.4, -0.2) is 37.0 Å². The van der Waals surface area contributed by atoms with E-state index in [-0.39, 0.29) is 18.0 Å². The van der Waals surface area contributed by atoms with Crippen LogP contribution in [0.4, 0.5) is 5.69 Å². The first-order chi connectivity index (χ1) is 18.3. The molecule has 1 saturated heterocycles. The van der Waals surface area contributed by atoms with E-state index >= 15 is 0 Å². The van der Waals surface area contributed by atoms with E-state index in [4.69, 9.17) is 12.2 Å². The topological polar surface area (TPSA) is 75.1 Å². The number of pyridine rings is 2. The van der Waals surface area contributed by atoms with Crippen LogP contribution in [0.2, 0.25) is 0 Å². The number of benzene rings is 1. The van der Waals surface area contributed by atoms with Gasteiger partial charge in [-0.25, -0.2) is 4.98 Å². The molecule has 3 aromatic heterocycles. The maximum absolute atomic E-state index is 12.9. The lowest BCUT2D eigenvalue weighted by Gasteiger charge is -2.28. The number of hydrogen-bond donors (Lipinski definition) is 2. The van der Waals surface area contributed by atoms with E-state index in [0.29, 0.717) is 18.1 Å². The molecular weight excluding hydrogens is 492 g/mol. The third-order valence-corrected chi connectivity index (χ3v) is 7.35. The van der Waals surface area contributed by atoms with Gasteiger partial charge in [-0.3, -0.25) is 9.78 Å². The molecule has 4 aromatic rings. The molecule has 1 fully saturated rings. The zero-order valence-corrected chi connectivity index (χ0v) is 22.9. The summed E-state index contributed by atoms with van der Waals surface area (Å²) in [6.45, 7) is 8.77. The summed E-state index contributed by atoms with van der Waals surface area (Å²) in [6.07, 6.45) is 3.94. The van der Waals surface area contributed by atoms with E-state index in [1.54, 1.807) is 6.20 Å². The molecule has 1 aliphatic heterocycles. The van der Waals surface area contributed by atoms with Crippen molar-refractivity contribution in [2.24, 2.45) is 0 Å². The minimum atomic E-state index is -0.150. The molecule has 5 rings (SSSR count). The molecule has 0 bridgehead atoms. The van der Waals surface area contributed by atoms with Crippen LogP contribution in [0.15, 0.2) is 73.1 Å². The molecular formula is C30H32N6OS. The fourth-order valence-corrected chi connectivity index (χ4v) is 5.57. The maximum atomic E-state index is 12.9. The smallest absolute Gasteiger partial charge is 0.226 e. The molecule has 0 spiro atoms. The van der Waals surface area contributed by atoms with Crippen molar-refractivity contribution in [1.82, 2.24) is 24.8 Å². The summed E-state index contributed by atoms with van der Waals surface area (Å²) in [5.41, 5.74) is 7.27. The van der Waals surface area contributed by atoms with E-state index in [1.807, 2.05) is 61.7 Å². The lowest BCUT2D eigenvalue weighted by atomic mass is 9.96. The third-order valence-electron chi connectivity index (χ3n) is 7.00. The number of amides is 1. The highest BCUT2D eigenvalue weighted by atomic mass is 32.1. The number of rotatable bonds is 7. The molecule has 0 unspecified atom stereocenters. The minimum absolute atomic E-state index is 0.0483. The molecule has 1 aromatic carbocycles. The first-order valence-corrected chi connectivity index (χ1v) is 13.2. The predicted molar refractivity (Wildman–Crippen MR) is 154 cm³/mol. The van der Waals surface area contributed by atoms with Gasteiger partial charge in [0, 0.05) is 42.4 Å². The molecule has 7 nitrogen and oxygen atoms in total. The van der Waals surface area contributed by atoms with Crippen LogP contribution in [0.5, 0.6) is 0 Å². The zero-order valence-electron chi connectivity index (χ0n) is 22.1. The van der Waals surface area contributed by atoms with Gasteiger partial charge in [0.25, 0.3) is 0 Å². The number of anilines is 1. The second kappa shape index (κ2) is 10.8. The maximum Gasteiger partial charge on any atom is 0.226 e. The van der Waals surface area contributed by atoms with Gasteiger partial charge in [-0.2, -0.15) is 0 Å². The van der Waals surface area contributed by atoms with E-state index in [9.17, 15) is 4.79 Å². The van der Waals surface area contributed by atoms with E-state index in [1.165, 1.54) is 0 Å². The Morgan fingerprint density at radius 3 is 2.53 bits per heavy atom. The fraction of sp³-hybridized carbons (Fsp3) is 0.267. The summed E-state index contributed by atoms with van der Waals surface area (Å²) >= 11 is 5.82. The quantitative estimate of drug-likeness (QED) is 0.311. The van der Waals surface area contributed by atoms with E-state index in [2.05, 4.69) is 63.0 Å². The summed E-state index contributed by atoms with van der Waals surface area (Å²) in [4.78, 5) is 24.3. The molecule has 0 radical (unpaired) electrons. The Kier molecular flexibility index (Phi) is 7.24. The van der Waals surface area contributed by atoms with Crippen molar-refractivity contribution >= 4 is 28.9 Å². The van der Waals surface area contributed by atoms with Gasteiger partial charge in [0.2, 0.25) is 5.91 Å². The fourth-order valence-electron chi connectivity index (χ4n) is 5.24. The Hall–Kier alpha value is -4.04. The van der Waals surface area contributed by atoms with E-state index in [0.717, 1.165) is 45.3 Å². The Balaban J connectivity index is 1.47. The molecule has 38 heavy (non-hydrogen) atoms. The Morgan fingerprint density at radius 1 is 0.974 bits per heavy atom. The summed E-state index contributed by atoms with van der Waals surface area (Å²) in [6, 6.07) is 19.7. The number of nitrogens with one attached hydrogen (secondary N) is 2. The van der Waals surface area contributed by atoms with Crippen molar-refractivity contribution in [1.29, 1.82) is 0 Å². The van der Waals surface area contributed by atoms with Gasteiger partial charge in [-0.05, 0) is 99.1 Å². The van der Waals surface area contributed by atoms with Crippen LogP contribution in [0.3, 0.4) is 0 Å².